The summed E-state index contributed by atoms with van der Waals surface area (Å²) >= 11 is 8.95. The second kappa shape index (κ2) is 5.82. The first kappa shape index (κ1) is 16.1. The molecule has 21 heavy (non-hydrogen) atoms. The van der Waals surface area contributed by atoms with Gasteiger partial charge < -0.3 is 5.73 Å². The Morgan fingerprint density at radius 2 is 1.95 bits per heavy atom. The monoisotopic (exact) mass is 392 g/mol. The van der Waals surface area contributed by atoms with Crippen molar-refractivity contribution in [2.75, 3.05) is 10.5 Å². The fourth-order valence-electron chi connectivity index (χ4n) is 1.73. The normalized spacial score (nSPS) is 11.4. The fraction of sp³-hybridized carbons (Fsp3) is 0.0769. The maximum Gasteiger partial charge on any atom is 0.262 e. The van der Waals surface area contributed by atoms with Crippen LogP contribution in [0, 0.1) is 12.7 Å². The van der Waals surface area contributed by atoms with Crippen LogP contribution in [0.2, 0.25) is 5.02 Å². The molecular weight excluding hydrogens is 383 g/mol. The molecule has 0 aliphatic heterocycles. The number of aryl methyl sites for hydroxylation is 1. The van der Waals surface area contributed by atoms with Gasteiger partial charge in [0.15, 0.2) is 0 Å². The molecule has 0 saturated heterocycles. The van der Waals surface area contributed by atoms with Crippen molar-refractivity contribution in [2.24, 2.45) is 0 Å². The zero-order valence-corrected chi connectivity index (χ0v) is 14.0. The van der Waals surface area contributed by atoms with Gasteiger partial charge in [-0.15, -0.1) is 0 Å². The molecule has 0 aliphatic carbocycles. The molecule has 0 aromatic heterocycles. The third kappa shape index (κ3) is 3.48. The van der Waals surface area contributed by atoms with Crippen molar-refractivity contribution in [3.8, 4) is 0 Å². The predicted molar refractivity (Wildman–Crippen MR) is 85.5 cm³/mol. The number of nitrogen functional groups attached to an aromatic ring is 1. The first-order chi connectivity index (χ1) is 9.70. The lowest BCUT2D eigenvalue weighted by atomic mass is 10.2. The molecule has 0 saturated carbocycles. The van der Waals surface area contributed by atoms with Crippen LogP contribution in [0.25, 0.3) is 0 Å². The van der Waals surface area contributed by atoms with Gasteiger partial charge in [0.1, 0.15) is 5.82 Å². The lowest BCUT2D eigenvalue weighted by molar-refractivity contribution is 0.600. The second-order valence-corrected chi connectivity index (χ2v) is 7.28. The summed E-state index contributed by atoms with van der Waals surface area (Å²) < 4.78 is 40.5. The van der Waals surface area contributed by atoms with E-state index < -0.39 is 15.8 Å². The van der Waals surface area contributed by atoms with Crippen molar-refractivity contribution in [2.45, 2.75) is 11.8 Å². The van der Waals surface area contributed by atoms with Crippen molar-refractivity contribution >= 4 is 48.9 Å². The highest BCUT2D eigenvalue weighted by atomic mass is 79.9. The number of benzene rings is 2. The summed E-state index contributed by atoms with van der Waals surface area (Å²) in [6.07, 6.45) is 0. The molecule has 112 valence electrons. The SMILES string of the molecule is Cc1cc(Cl)c(N)cc1S(=O)(=O)Nc1ccc(F)cc1Br. The summed E-state index contributed by atoms with van der Waals surface area (Å²) in [7, 11) is -3.86. The van der Waals surface area contributed by atoms with Gasteiger partial charge >= 0.3 is 0 Å². The molecule has 0 bridgehead atoms. The Morgan fingerprint density at radius 1 is 1.29 bits per heavy atom. The highest BCUT2D eigenvalue weighted by Crippen LogP contribution is 2.30. The van der Waals surface area contributed by atoms with Crippen molar-refractivity contribution in [3.05, 3.63) is 51.2 Å². The summed E-state index contributed by atoms with van der Waals surface area (Å²) in [5.74, 6) is -0.475. The van der Waals surface area contributed by atoms with E-state index in [2.05, 4.69) is 20.7 Å². The number of sulfonamides is 1. The van der Waals surface area contributed by atoms with Crippen LogP contribution in [0.15, 0.2) is 39.7 Å². The molecule has 0 unspecified atom stereocenters. The minimum absolute atomic E-state index is 0.0145. The highest BCUT2D eigenvalue weighted by molar-refractivity contribution is 9.10. The van der Waals surface area contributed by atoms with Gasteiger partial charge in [-0.25, -0.2) is 12.8 Å². The zero-order chi connectivity index (χ0) is 15.8. The zero-order valence-electron chi connectivity index (χ0n) is 10.8. The van der Waals surface area contributed by atoms with Gasteiger partial charge in [-0.2, -0.15) is 0 Å². The van der Waals surface area contributed by atoms with Crippen molar-refractivity contribution in [1.82, 2.24) is 0 Å². The van der Waals surface area contributed by atoms with E-state index in [1.807, 2.05) is 0 Å². The molecule has 0 fully saturated rings. The van der Waals surface area contributed by atoms with Crippen LogP contribution in [-0.4, -0.2) is 8.42 Å². The maximum atomic E-state index is 13.0. The van der Waals surface area contributed by atoms with Gasteiger partial charge in [-0.1, -0.05) is 11.6 Å². The van der Waals surface area contributed by atoms with Crippen LogP contribution in [0.5, 0.6) is 0 Å². The van der Waals surface area contributed by atoms with Crippen LogP contribution >= 0.6 is 27.5 Å². The Kier molecular flexibility index (Phi) is 4.46. The number of halogens is 3. The van der Waals surface area contributed by atoms with Crippen molar-refractivity contribution < 1.29 is 12.8 Å². The molecule has 4 nitrogen and oxygen atoms in total. The maximum absolute atomic E-state index is 13.0. The fourth-order valence-corrected chi connectivity index (χ4v) is 3.87. The molecule has 3 N–H and O–H groups in total. The molecule has 2 aromatic carbocycles. The average molecular weight is 394 g/mol. The van der Waals surface area contributed by atoms with E-state index in [0.717, 1.165) is 6.07 Å². The van der Waals surface area contributed by atoms with Gasteiger partial charge in [0.05, 0.1) is 21.3 Å². The summed E-state index contributed by atoms with van der Waals surface area (Å²) in [6, 6.07) is 6.42. The Bertz CT molecular complexity index is 812. The van der Waals surface area contributed by atoms with Crippen LogP contribution in [0.4, 0.5) is 15.8 Å². The number of rotatable bonds is 3. The third-order valence-electron chi connectivity index (χ3n) is 2.76. The number of hydrogen-bond donors (Lipinski definition) is 2. The van der Waals surface area contributed by atoms with E-state index in [0.29, 0.717) is 10.0 Å². The molecule has 0 aliphatic rings. The quantitative estimate of drug-likeness (QED) is 0.776. The van der Waals surface area contributed by atoms with E-state index in [-0.39, 0.29) is 21.3 Å². The second-order valence-electron chi connectivity index (χ2n) is 4.37. The van der Waals surface area contributed by atoms with Gasteiger partial charge in [0.25, 0.3) is 10.0 Å². The number of nitrogens with one attached hydrogen (secondary N) is 1. The minimum atomic E-state index is -3.86. The molecule has 0 amide bonds. The highest BCUT2D eigenvalue weighted by Gasteiger charge is 2.19. The van der Waals surface area contributed by atoms with E-state index in [1.54, 1.807) is 6.92 Å². The average Bonchev–Trinajstić information content (AvgIpc) is 2.37. The number of nitrogens with two attached hydrogens (primary N) is 1. The summed E-state index contributed by atoms with van der Waals surface area (Å²) in [5, 5.41) is 0.286. The standard InChI is InChI=1S/C13H11BrClFN2O2S/c1-7-4-10(15)11(17)6-13(7)21(19,20)18-12-3-2-8(16)5-9(12)14/h2-6,18H,17H2,1H3. The van der Waals surface area contributed by atoms with Crippen LogP contribution in [0.1, 0.15) is 5.56 Å². The van der Waals surface area contributed by atoms with E-state index in [1.165, 1.54) is 24.3 Å². The van der Waals surface area contributed by atoms with Gasteiger partial charge in [-0.05, 0) is 58.7 Å². The third-order valence-corrected chi connectivity index (χ3v) is 5.25. The largest absolute Gasteiger partial charge is 0.397 e. The number of hydrogen-bond acceptors (Lipinski definition) is 3. The summed E-state index contributed by atoms with van der Waals surface area (Å²) in [4.78, 5) is 0.0145. The minimum Gasteiger partial charge on any atom is -0.397 e. The molecule has 0 radical (unpaired) electrons. The topological polar surface area (TPSA) is 72.2 Å². The number of anilines is 2. The van der Waals surface area contributed by atoms with Crippen LogP contribution in [-0.2, 0) is 10.0 Å². The Labute approximate surface area is 135 Å². The first-order valence-electron chi connectivity index (χ1n) is 5.74. The Morgan fingerprint density at radius 3 is 2.57 bits per heavy atom. The Hall–Kier alpha value is -1.31. The van der Waals surface area contributed by atoms with Crippen LogP contribution in [0.3, 0.4) is 0 Å². The van der Waals surface area contributed by atoms with Crippen LogP contribution < -0.4 is 10.5 Å². The smallest absolute Gasteiger partial charge is 0.262 e. The van der Waals surface area contributed by atoms with E-state index in [9.17, 15) is 12.8 Å². The summed E-state index contributed by atoms with van der Waals surface area (Å²) in [6.45, 7) is 1.61. The molecular formula is C13H11BrClFN2O2S. The van der Waals surface area contributed by atoms with Crippen molar-refractivity contribution in [3.63, 3.8) is 0 Å². The van der Waals surface area contributed by atoms with Gasteiger partial charge in [0, 0.05) is 4.47 Å². The molecule has 2 aromatic rings. The molecule has 0 spiro atoms. The van der Waals surface area contributed by atoms with E-state index in [4.69, 9.17) is 17.3 Å². The predicted octanol–water partition coefficient (Wildman–Crippen LogP) is 3.93. The Balaban J connectivity index is 2.46. The van der Waals surface area contributed by atoms with Gasteiger partial charge in [0.2, 0.25) is 0 Å². The van der Waals surface area contributed by atoms with E-state index >= 15 is 0 Å². The summed E-state index contributed by atoms with van der Waals surface area (Å²) in [5.41, 5.74) is 6.50. The molecule has 2 rings (SSSR count). The van der Waals surface area contributed by atoms with Crippen molar-refractivity contribution in [1.29, 1.82) is 0 Å². The first-order valence-corrected chi connectivity index (χ1v) is 8.39. The molecule has 0 atom stereocenters. The lowest BCUT2D eigenvalue weighted by Crippen LogP contribution is -2.15. The lowest BCUT2D eigenvalue weighted by Gasteiger charge is -2.13. The van der Waals surface area contributed by atoms with Gasteiger partial charge in [-0.3, -0.25) is 4.72 Å². The molecule has 0 heterocycles. The molecule has 8 heteroatoms.